The number of allylic oxidation sites excluding steroid dienone is 3. The number of hydrogen-bond donors (Lipinski definition) is 0. The topological polar surface area (TPSA) is 3.24 Å². The normalized spacial score (nSPS) is 18.4. The molecule has 0 amide bonds. The fourth-order valence-electron chi connectivity index (χ4n) is 2.58. The van der Waals surface area contributed by atoms with Gasteiger partial charge < -0.3 is 4.90 Å². The second-order valence-electron chi connectivity index (χ2n) is 6.48. The molecule has 1 aliphatic rings. The predicted octanol–water partition coefficient (Wildman–Crippen LogP) is 4.90. The highest BCUT2D eigenvalue weighted by Crippen LogP contribution is 2.35. The third kappa shape index (κ3) is 3.99. The molecule has 102 valence electrons. The van der Waals surface area contributed by atoms with Crippen molar-refractivity contribution in [3.8, 4) is 0 Å². The van der Waals surface area contributed by atoms with Crippen LogP contribution in [0.2, 0.25) is 0 Å². The van der Waals surface area contributed by atoms with Gasteiger partial charge in [0, 0.05) is 19.8 Å². The van der Waals surface area contributed by atoms with Crippen LogP contribution in [0.1, 0.15) is 38.7 Å². The molecular weight excluding hydrogens is 230 g/mol. The minimum absolute atomic E-state index is 0.462. The van der Waals surface area contributed by atoms with E-state index in [-0.39, 0.29) is 0 Å². The van der Waals surface area contributed by atoms with Crippen molar-refractivity contribution in [3.05, 3.63) is 47.6 Å². The third-order valence-electron chi connectivity index (χ3n) is 3.81. The molecule has 0 bridgehead atoms. The van der Waals surface area contributed by atoms with Crippen molar-refractivity contribution in [1.82, 2.24) is 0 Å². The molecule has 0 aliphatic heterocycles. The summed E-state index contributed by atoms with van der Waals surface area (Å²) in [6, 6.07) is 8.69. The quantitative estimate of drug-likeness (QED) is 0.742. The van der Waals surface area contributed by atoms with Crippen molar-refractivity contribution in [3.63, 3.8) is 0 Å². The van der Waals surface area contributed by atoms with Gasteiger partial charge in [0.1, 0.15) is 0 Å². The molecule has 1 heteroatoms. The summed E-state index contributed by atoms with van der Waals surface area (Å²) in [6.45, 7) is 4.72. The first-order valence-corrected chi connectivity index (χ1v) is 7.11. The lowest BCUT2D eigenvalue weighted by molar-refractivity contribution is 0.324. The van der Waals surface area contributed by atoms with Gasteiger partial charge in [-0.25, -0.2) is 0 Å². The monoisotopic (exact) mass is 255 g/mol. The number of rotatable bonds is 3. The molecule has 0 N–H and O–H groups in total. The Hall–Kier alpha value is -1.50. The van der Waals surface area contributed by atoms with Gasteiger partial charge in [0.05, 0.1) is 0 Å². The molecule has 1 nitrogen and oxygen atoms in total. The van der Waals surface area contributed by atoms with E-state index in [0.29, 0.717) is 5.41 Å². The maximum atomic E-state index is 2.38. The zero-order valence-electron chi connectivity index (χ0n) is 12.6. The summed E-state index contributed by atoms with van der Waals surface area (Å²) in [5.41, 5.74) is 4.46. The lowest BCUT2D eigenvalue weighted by Crippen LogP contribution is -2.14. The maximum absolute atomic E-state index is 2.38. The summed E-state index contributed by atoms with van der Waals surface area (Å²) in [6.07, 6.45) is 10.6. The van der Waals surface area contributed by atoms with Gasteiger partial charge in [-0.3, -0.25) is 0 Å². The Labute approximate surface area is 117 Å². The van der Waals surface area contributed by atoms with E-state index >= 15 is 0 Å². The smallest absolute Gasteiger partial charge is 0.0361 e. The zero-order chi connectivity index (χ0) is 13.9. The van der Waals surface area contributed by atoms with Gasteiger partial charge in [0.25, 0.3) is 0 Å². The van der Waals surface area contributed by atoms with Crippen LogP contribution < -0.4 is 4.90 Å². The standard InChI is InChI=1S/C18H25N/c1-18(2)13-5-6-16(14-18)8-7-15-9-11-17(12-10-15)19(3)4/h6-12H,5,13-14H2,1-4H3. The molecule has 0 unspecified atom stereocenters. The van der Waals surface area contributed by atoms with E-state index in [9.17, 15) is 0 Å². The summed E-state index contributed by atoms with van der Waals surface area (Å²) in [5, 5.41) is 0. The van der Waals surface area contributed by atoms with E-state index in [4.69, 9.17) is 0 Å². The summed E-state index contributed by atoms with van der Waals surface area (Å²) < 4.78 is 0. The first-order valence-electron chi connectivity index (χ1n) is 7.11. The summed E-state index contributed by atoms with van der Waals surface area (Å²) >= 11 is 0. The van der Waals surface area contributed by atoms with Crippen LogP contribution in [0.4, 0.5) is 5.69 Å². The summed E-state index contributed by atoms with van der Waals surface area (Å²) in [7, 11) is 4.14. The van der Waals surface area contributed by atoms with E-state index in [2.05, 4.69) is 75.3 Å². The molecule has 0 radical (unpaired) electrons. The summed E-state index contributed by atoms with van der Waals surface area (Å²) in [4.78, 5) is 2.12. The fraction of sp³-hybridized carbons (Fsp3) is 0.444. The van der Waals surface area contributed by atoms with Crippen LogP contribution in [0, 0.1) is 5.41 Å². The van der Waals surface area contributed by atoms with Crippen LogP contribution >= 0.6 is 0 Å². The molecule has 0 spiro atoms. The van der Waals surface area contributed by atoms with Crippen LogP contribution in [0.3, 0.4) is 0 Å². The van der Waals surface area contributed by atoms with Crippen LogP contribution in [-0.4, -0.2) is 14.1 Å². The molecule has 0 heterocycles. The van der Waals surface area contributed by atoms with Crippen LogP contribution in [0.25, 0.3) is 6.08 Å². The highest BCUT2D eigenvalue weighted by molar-refractivity contribution is 5.57. The lowest BCUT2D eigenvalue weighted by atomic mass is 9.77. The van der Waals surface area contributed by atoms with Crippen LogP contribution in [0.5, 0.6) is 0 Å². The molecule has 0 aromatic heterocycles. The molecule has 19 heavy (non-hydrogen) atoms. The maximum Gasteiger partial charge on any atom is 0.0361 e. The molecule has 0 saturated heterocycles. The van der Waals surface area contributed by atoms with Crippen molar-refractivity contribution in [2.24, 2.45) is 5.41 Å². The Morgan fingerprint density at radius 1 is 1.05 bits per heavy atom. The van der Waals surface area contributed by atoms with Crippen molar-refractivity contribution in [2.45, 2.75) is 33.1 Å². The van der Waals surface area contributed by atoms with Gasteiger partial charge >= 0.3 is 0 Å². The van der Waals surface area contributed by atoms with Gasteiger partial charge in [-0.15, -0.1) is 0 Å². The Morgan fingerprint density at radius 2 is 1.74 bits per heavy atom. The van der Waals surface area contributed by atoms with Gasteiger partial charge in [0.2, 0.25) is 0 Å². The number of hydrogen-bond acceptors (Lipinski definition) is 1. The van der Waals surface area contributed by atoms with E-state index in [1.165, 1.54) is 36.1 Å². The van der Waals surface area contributed by atoms with E-state index in [1.54, 1.807) is 0 Å². The molecule has 1 aromatic carbocycles. The zero-order valence-corrected chi connectivity index (χ0v) is 12.6. The average molecular weight is 255 g/mol. The van der Waals surface area contributed by atoms with Gasteiger partial charge in [-0.2, -0.15) is 0 Å². The first kappa shape index (κ1) is 13.9. The first-order chi connectivity index (χ1) is 8.96. The molecular formula is C18H25N. The van der Waals surface area contributed by atoms with Gasteiger partial charge in [0.15, 0.2) is 0 Å². The minimum atomic E-state index is 0.462. The van der Waals surface area contributed by atoms with E-state index in [1.807, 2.05) is 0 Å². The van der Waals surface area contributed by atoms with Crippen LogP contribution in [-0.2, 0) is 0 Å². The largest absolute Gasteiger partial charge is 0.378 e. The van der Waals surface area contributed by atoms with Crippen molar-refractivity contribution in [2.75, 3.05) is 19.0 Å². The van der Waals surface area contributed by atoms with Crippen molar-refractivity contribution in [1.29, 1.82) is 0 Å². The van der Waals surface area contributed by atoms with E-state index < -0.39 is 0 Å². The van der Waals surface area contributed by atoms with Gasteiger partial charge in [-0.05, 0) is 42.4 Å². The lowest BCUT2D eigenvalue weighted by Gasteiger charge is -2.28. The number of benzene rings is 1. The molecule has 0 fully saturated rings. The van der Waals surface area contributed by atoms with E-state index in [0.717, 1.165) is 0 Å². The van der Waals surface area contributed by atoms with Crippen molar-refractivity contribution < 1.29 is 0 Å². The fourth-order valence-corrected chi connectivity index (χ4v) is 2.58. The third-order valence-corrected chi connectivity index (χ3v) is 3.81. The Morgan fingerprint density at radius 3 is 2.32 bits per heavy atom. The number of anilines is 1. The second kappa shape index (κ2) is 5.64. The van der Waals surface area contributed by atoms with Crippen molar-refractivity contribution >= 4 is 11.8 Å². The Kier molecular flexibility index (Phi) is 4.14. The molecule has 0 atom stereocenters. The van der Waals surface area contributed by atoms with Gasteiger partial charge in [-0.1, -0.05) is 49.8 Å². The molecule has 2 rings (SSSR count). The molecule has 0 saturated carbocycles. The molecule has 1 aliphatic carbocycles. The SMILES string of the molecule is CN(C)c1ccc(C=CC2=CCCC(C)(C)C2)cc1. The second-order valence-corrected chi connectivity index (χ2v) is 6.48. The predicted molar refractivity (Wildman–Crippen MR) is 85.5 cm³/mol. The highest BCUT2D eigenvalue weighted by Gasteiger charge is 2.21. The number of nitrogens with zero attached hydrogens (tertiary/aromatic N) is 1. The molecule has 1 aromatic rings. The average Bonchev–Trinajstić information content (AvgIpc) is 2.36. The minimum Gasteiger partial charge on any atom is -0.378 e. The Bertz CT molecular complexity index is 475. The highest BCUT2D eigenvalue weighted by atomic mass is 15.1. The van der Waals surface area contributed by atoms with Crippen LogP contribution in [0.15, 0.2) is 42.0 Å². The summed E-state index contributed by atoms with van der Waals surface area (Å²) in [5.74, 6) is 0. The Balaban J connectivity index is 2.04.